The Hall–Kier alpha value is -2.11. The highest BCUT2D eigenvalue weighted by Crippen LogP contribution is 2.17. The van der Waals surface area contributed by atoms with E-state index in [4.69, 9.17) is 5.11 Å². The van der Waals surface area contributed by atoms with Crippen LogP contribution in [0.1, 0.15) is 10.4 Å². The summed E-state index contributed by atoms with van der Waals surface area (Å²) in [6.45, 7) is -0.0405. The van der Waals surface area contributed by atoms with Crippen LogP contribution in [0.2, 0.25) is 0 Å². The van der Waals surface area contributed by atoms with Gasteiger partial charge in [0.1, 0.15) is 12.4 Å². The lowest BCUT2D eigenvalue weighted by molar-refractivity contribution is -0.138. The second-order valence-electron chi connectivity index (χ2n) is 3.40. The Morgan fingerprint density at radius 2 is 2.12 bits per heavy atom. The Bertz CT molecular complexity index is 447. The van der Waals surface area contributed by atoms with E-state index in [1.807, 2.05) is 0 Å². The van der Waals surface area contributed by atoms with Crippen molar-refractivity contribution in [3.05, 3.63) is 29.6 Å². The molecular weight excluding hydrogens is 229 g/mol. The number of hydrogen-bond donors (Lipinski definition) is 1. The van der Waals surface area contributed by atoms with Crippen molar-refractivity contribution in [3.8, 4) is 0 Å². The summed E-state index contributed by atoms with van der Waals surface area (Å²) >= 11 is 0. The van der Waals surface area contributed by atoms with Crippen LogP contribution in [0, 0.1) is 5.82 Å². The predicted molar refractivity (Wildman–Crippen MR) is 58.6 cm³/mol. The molecule has 0 saturated heterocycles. The number of carboxylic acids is 1. The molecule has 1 rings (SSSR count). The lowest BCUT2D eigenvalue weighted by Crippen LogP contribution is -2.26. The van der Waals surface area contributed by atoms with Gasteiger partial charge in [-0.15, -0.1) is 0 Å². The van der Waals surface area contributed by atoms with Crippen molar-refractivity contribution in [2.24, 2.45) is 0 Å². The fourth-order valence-corrected chi connectivity index (χ4v) is 1.26. The summed E-state index contributed by atoms with van der Waals surface area (Å²) in [5.74, 6) is -2.63. The first kappa shape index (κ1) is 13.0. The third-order valence-corrected chi connectivity index (χ3v) is 2.22. The number of likely N-dealkylation sites (N-methyl/N-ethyl adjacent to an activating group) is 1. The quantitative estimate of drug-likeness (QED) is 0.800. The van der Waals surface area contributed by atoms with Crippen LogP contribution in [0.25, 0.3) is 0 Å². The molecule has 0 heterocycles. The molecule has 0 aliphatic rings. The highest BCUT2D eigenvalue weighted by Gasteiger charge is 2.14. The highest BCUT2D eigenvalue weighted by molar-refractivity contribution is 5.89. The number of carbonyl (C=O) groups excluding carboxylic acids is 1. The van der Waals surface area contributed by atoms with Gasteiger partial charge in [-0.25, -0.2) is 9.18 Å². The van der Waals surface area contributed by atoms with E-state index in [1.165, 1.54) is 24.1 Å². The fraction of sp³-hybridized carbons (Fsp3) is 0.273. The molecule has 1 N–H and O–H groups in total. The summed E-state index contributed by atoms with van der Waals surface area (Å²) in [6.07, 6.45) is 0. The molecule has 0 bridgehead atoms. The van der Waals surface area contributed by atoms with Gasteiger partial charge >= 0.3 is 11.9 Å². The van der Waals surface area contributed by atoms with Crippen molar-refractivity contribution in [2.75, 3.05) is 25.6 Å². The van der Waals surface area contributed by atoms with Gasteiger partial charge in [0, 0.05) is 12.7 Å². The van der Waals surface area contributed by atoms with E-state index in [9.17, 15) is 14.0 Å². The van der Waals surface area contributed by atoms with Crippen LogP contribution in [-0.4, -0.2) is 37.7 Å². The van der Waals surface area contributed by atoms with Crippen molar-refractivity contribution in [1.82, 2.24) is 0 Å². The number of hydrogen-bond acceptors (Lipinski definition) is 4. The van der Waals surface area contributed by atoms with E-state index < -0.39 is 23.3 Å². The molecule has 0 aliphatic carbocycles. The van der Waals surface area contributed by atoms with Crippen molar-refractivity contribution < 1.29 is 23.8 Å². The van der Waals surface area contributed by atoms with Crippen molar-refractivity contribution in [1.29, 1.82) is 0 Å². The van der Waals surface area contributed by atoms with Crippen LogP contribution in [0.4, 0.5) is 10.1 Å². The minimum absolute atomic E-state index is 0.0405. The van der Waals surface area contributed by atoms with E-state index in [2.05, 4.69) is 4.74 Å². The standard InChI is InChI=1S/C11H12FNO4/c1-13(6-10(14)17-2)7-3-4-9(12)8(5-7)11(15)16/h3-5H,6H2,1-2H3,(H,15,16). The van der Waals surface area contributed by atoms with Gasteiger partial charge < -0.3 is 14.7 Å². The minimum atomic E-state index is -1.35. The number of ether oxygens (including phenoxy) is 1. The second-order valence-corrected chi connectivity index (χ2v) is 3.40. The number of rotatable bonds is 4. The first-order valence-electron chi connectivity index (χ1n) is 4.76. The van der Waals surface area contributed by atoms with Gasteiger partial charge in [0.2, 0.25) is 0 Å². The van der Waals surface area contributed by atoms with Gasteiger partial charge in [0.05, 0.1) is 12.7 Å². The number of carboxylic acid groups (broad SMARTS) is 1. The number of nitrogens with zero attached hydrogens (tertiary/aromatic N) is 1. The molecule has 0 saturated carbocycles. The fourth-order valence-electron chi connectivity index (χ4n) is 1.26. The van der Waals surface area contributed by atoms with Crippen molar-refractivity contribution in [3.63, 3.8) is 0 Å². The molecule has 0 unspecified atom stereocenters. The Labute approximate surface area is 97.4 Å². The smallest absolute Gasteiger partial charge is 0.338 e. The number of anilines is 1. The number of esters is 1. The molecule has 6 heteroatoms. The third-order valence-electron chi connectivity index (χ3n) is 2.22. The summed E-state index contributed by atoms with van der Waals surface area (Å²) in [6, 6.07) is 3.61. The molecule has 0 radical (unpaired) electrons. The Morgan fingerprint density at radius 1 is 1.47 bits per heavy atom. The zero-order valence-corrected chi connectivity index (χ0v) is 9.44. The lowest BCUT2D eigenvalue weighted by atomic mass is 10.2. The molecule has 1 aromatic rings. The Kier molecular flexibility index (Phi) is 4.03. The number of methoxy groups -OCH3 is 1. The zero-order chi connectivity index (χ0) is 13.0. The van der Waals surface area contributed by atoms with Crippen LogP contribution in [0.15, 0.2) is 18.2 Å². The maximum absolute atomic E-state index is 13.1. The molecule has 0 aliphatic heterocycles. The molecule has 1 aromatic carbocycles. The van der Waals surface area contributed by atoms with Gasteiger partial charge in [0.15, 0.2) is 0 Å². The molecule has 5 nitrogen and oxygen atoms in total. The van der Waals surface area contributed by atoms with E-state index in [1.54, 1.807) is 7.05 Å². The van der Waals surface area contributed by atoms with Gasteiger partial charge in [-0.1, -0.05) is 0 Å². The topological polar surface area (TPSA) is 66.8 Å². The number of carbonyl (C=O) groups is 2. The van der Waals surface area contributed by atoms with Crippen LogP contribution < -0.4 is 4.90 Å². The van der Waals surface area contributed by atoms with Crippen LogP contribution in [-0.2, 0) is 9.53 Å². The predicted octanol–water partition coefficient (Wildman–Crippen LogP) is 1.13. The maximum atomic E-state index is 13.1. The average Bonchev–Trinajstić information content (AvgIpc) is 2.28. The monoisotopic (exact) mass is 241 g/mol. The summed E-state index contributed by atoms with van der Waals surface area (Å²) in [7, 11) is 2.83. The van der Waals surface area contributed by atoms with E-state index in [-0.39, 0.29) is 6.54 Å². The van der Waals surface area contributed by atoms with Crippen molar-refractivity contribution in [2.45, 2.75) is 0 Å². The molecule has 0 spiro atoms. The lowest BCUT2D eigenvalue weighted by Gasteiger charge is -2.18. The molecular formula is C11H12FNO4. The second kappa shape index (κ2) is 5.29. The Balaban J connectivity index is 2.95. The SMILES string of the molecule is COC(=O)CN(C)c1ccc(F)c(C(=O)O)c1. The highest BCUT2D eigenvalue weighted by atomic mass is 19.1. The minimum Gasteiger partial charge on any atom is -0.478 e. The largest absolute Gasteiger partial charge is 0.478 e. The van der Waals surface area contributed by atoms with Gasteiger partial charge in [-0.3, -0.25) is 4.79 Å². The van der Waals surface area contributed by atoms with Crippen LogP contribution >= 0.6 is 0 Å². The molecule has 0 fully saturated rings. The summed E-state index contributed by atoms with van der Waals surface area (Å²) in [5.41, 5.74) is -0.00610. The first-order chi connectivity index (χ1) is 7.95. The maximum Gasteiger partial charge on any atom is 0.338 e. The summed E-state index contributed by atoms with van der Waals surface area (Å²) in [4.78, 5) is 23.2. The average molecular weight is 241 g/mol. The van der Waals surface area contributed by atoms with Crippen molar-refractivity contribution >= 4 is 17.6 Å². The van der Waals surface area contributed by atoms with E-state index in [0.717, 1.165) is 6.07 Å². The summed E-state index contributed by atoms with van der Waals surface area (Å²) in [5, 5.41) is 8.75. The van der Waals surface area contributed by atoms with Crippen LogP contribution in [0.3, 0.4) is 0 Å². The Morgan fingerprint density at radius 3 is 2.65 bits per heavy atom. The first-order valence-corrected chi connectivity index (χ1v) is 4.76. The zero-order valence-electron chi connectivity index (χ0n) is 9.44. The number of aromatic carboxylic acids is 1. The molecule has 0 amide bonds. The van der Waals surface area contributed by atoms with Gasteiger partial charge in [0.25, 0.3) is 0 Å². The molecule has 0 atom stereocenters. The molecule has 0 aromatic heterocycles. The number of halogens is 1. The van der Waals surface area contributed by atoms with Crippen LogP contribution in [0.5, 0.6) is 0 Å². The summed E-state index contributed by atoms with van der Waals surface area (Å²) < 4.78 is 17.6. The van der Waals surface area contributed by atoms with E-state index in [0.29, 0.717) is 5.69 Å². The van der Waals surface area contributed by atoms with E-state index >= 15 is 0 Å². The molecule has 17 heavy (non-hydrogen) atoms. The van der Waals surface area contributed by atoms with Gasteiger partial charge in [-0.2, -0.15) is 0 Å². The molecule has 92 valence electrons. The van der Waals surface area contributed by atoms with Gasteiger partial charge in [-0.05, 0) is 18.2 Å². The third kappa shape index (κ3) is 3.17. The normalized spacial score (nSPS) is 9.82. The number of benzene rings is 1.